The van der Waals surface area contributed by atoms with Crippen molar-refractivity contribution in [1.29, 1.82) is 0 Å². The fourth-order valence-corrected chi connectivity index (χ4v) is 1.33. The van der Waals surface area contributed by atoms with Crippen LogP contribution in [0, 0.1) is 0 Å². The van der Waals surface area contributed by atoms with Gasteiger partial charge in [0.1, 0.15) is 0 Å². The Balaban J connectivity index is 2.94. The molecule has 0 fully saturated rings. The van der Waals surface area contributed by atoms with Crippen molar-refractivity contribution in [2.24, 2.45) is 0 Å². The molecule has 100 valence electrons. The zero-order valence-corrected chi connectivity index (χ0v) is 9.14. The van der Waals surface area contributed by atoms with Crippen LogP contribution in [0.1, 0.15) is 21.0 Å². The lowest BCUT2D eigenvalue weighted by Crippen LogP contribution is -2.38. The average Bonchev–Trinajstić information content (AvgIpc) is 2.75. The molecule has 7 nitrogen and oxygen atoms in total. The maximum absolute atomic E-state index is 12.2. The Morgan fingerprint density at radius 2 is 2.17 bits per heavy atom. The van der Waals surface area contributed by atoms with E-state index in [1.54, 1.807) is 0 Å². The van der Waals surface area contributed by atoms with Crippen LogP contribution in [0.25, 0.3) is 0 Å². The van der Waals surface area contributed by atoms with Gasteiger partial charge in [-0.05, 0) is 0 Å². The van der Waals surface area contributed by atoms with Gasteiger partial charge in [-0.15, -0.1) is 0 Å². The Bertz CT molecular complexity index is 435. The number of carbonyl (C=O) groups is 2. The first kappa shape index (κ1) is 14.0. The third-order valence-electron chi connectivity index (χ3n) is 2.07. The van der Waals surface area contributed by atoms with Crippen LogP contribution in [0.5, 0.6) is 0 Å². The molecule has 1 amide bonds. The van der Waals surface area contributed by atoms with Crippen LogP contribution in [0.4, 0.5) is 8.78 Å². The second-order valence-electron chi connectivity index (χ2n) is 3.30. The van der Waals surface area contributed by atoms with E-state index in [1.165, 1.54) is 0 Å². The third-order valence-corrected chi connectivity index (χ3v) is 2.07. The molecule has 0 radical (unpaired) electrons. The van der Waals surface area contributed by atoms with Crippen LogP contribution >= 0.6 is 0 Å². The molecule has 1 rings (SSSR count). The number of carboxylic acid groups (broad SMARTS) is 1. The van der Waals surface area contributed by atoms with E-state index >= 15 is 0 Å². The van der Waals surface area contributed by atoms with E-state index in [1.807, 2.05) is 0 Å². The molecule has 0 spiro atoms. The summed E-state index contributed by atoms with van der Waals surface area (Å²) in [7, 11) is 0. The van der Waals surface area contributed by atoms with Gasteiger partial charge in [0.15, 0.2) is 11.4 Å². The number of imidazole rings is 1. The largest absolute Gasteiger partial charge is 0.477 e. The van der Waals surface area contributed by atoms with Gasteiger partial charge in [-0.2, -0.15) is 0 Å². The lowest BCUT2D eigenvalue weighted by molar-refractivity contribution is 0.0498. The van der Waals surface area contributed by atoms with E-state index in [4.69, 9.17) is 10.2 Å². The second kappa shape index (κ2) is 6.05. The van der Waals surface area contributed by atoms with Gasteiger partial charge in [-0.3, -0.25) is 4.79 Å². The molecule has 0 aromatic carbocycles. The molecule has 1 aromatic heterocycles. The molecule has 0 aliphatic carbocycles. The third kappa shape index (κ3) is 3.23. The number of aliphatic hydroxyl groups is 1. The molecule has 0 bridgehead atoms. The highest BCUT2D eigenvalue weighted by molar-refractivity contribution is 6.02. The minimum atomic E-state index is -2.78. The number of hydrogen-bond donors (Lipinski definition) is 3. The van der Waals surface area contributed by atoms with E-state index in [-0.39, 0.29) is 6.54 Å². The maximum atomic E-state index is 12.2. The van der Waals surface area contributed by atoms with Gasteiger partial charge in [0.25, 0.3) is 12.3 Å². The van der Waals surface area contributed by atoms with Gasteiger partial charge in [0.05, 0.1) is 19.5 Å². The topological polar surface area (TPSA) is 107 Å². The maximum Gasteiger partial charge on any atom is 0.354 e. The monoisotopic (exact) mass is 263 g/mol. The van der Waals surface area contributed by atoms with Crippen molar-refractivity contribution in [2.75, 3.05) is 19.7 Å². The molecule has 0 aliphatic heterocycles. The van der Waals surface area contributed by atoms with Gasteiger partial charge in [-0.25, -0.2) is 18.6 Å². The van der Waals surface area contributed by atoms with Crippen LogP contribution in [0.2, 0.25) is 0 Å². The summed E-state index contributed by atoms with van der Waals surface area (Å²) >= 11 is 0. The van der Waals surface area contributed by atoms with E-state index < -0.39 is 42.8 Å². The van der Waals surface area contributed by atoms with Gasteiger partial charge < -0.3 is 20.1 Å². The lowest BCUT2D eigenvalue weighted by atomic mass is 10.3. The minimum absolute atomic E-state index is 0.324. The summed E-state index contributed by atoms with van der Waals surface area (Å²) in [6.45, 7) is -1.73. The van der Waals surface area contributed by atoms with Crippen molar-refractivity contribution >= 4 is 11.9 Å². The summed E-state index contributed by atoms with van der Waals surface area (Å²) < 4.78 is 24.5. The first-order valence-electron chi connectivity index (χ1n) is 4.92. The summed E-state index contributed by atoms with van der Waals surface area (Å²) in [5.41, 5.74) is -0.936. The van der Waals surface area contributed by atoms with E-state index in [0.717, 1.165) is 6.33 Å². The predicted molar refractivity (Wildman–Crippen MR) is 54.5 cm³/mol. The van der Waals surface area contributed by atoms with Gasteiger partial charge >= 0.3 is 5.97 Å². The number of halogens is 2. The van der Waals surface area contributed by atoms with Crippen molar-refractivity contribution in [2.45, 2.75) is 6.43 Å². The first-order chi connectivity index (χ1) is 8.47. The summed E-state index contributed by atoms with van der Waals surface area (Å²) in [4.78, 5) is 28.9. The number of H-pyrrole nitrogens is 1. The molecule has 3 N–H and O–H groups in total. The Hall–Kier alpha value is -2.03. The number of nitrogens with one attached hydrogen (secondary N) is 1. The van der Waals surface area contributed by atoms with E-state index in [0.29, 0.717) is 4.90 Å². The molecule has 0 aliphatic rings. The number of alkyl halides is 2. The average molecular weight is 263 g/mol. The smallest absolute Gasteiger partial charge is 0.354 e. The highest BCUT2D eigenvalue weighted by Crippen LogP contribution is 2.09. The van der Waals surface area contributed by atoms with Crippen LogP contribution in [-0.4, -0.2) is 63.1 Å². The fraction of sp³-hybridized carbons (Fsp3) is 0.444. The second-order valence-corrected chi connectivity index (χ2v) is 3.30. The van der Waals surface area contributed by atoms with Crippen LogP contribution in [0.3, 0.4) is 0 Å². The van der Waals surface area contributed by atoms with Gasteiger partial charge in [0, 0.05) is 6.54 Å². The Morgan fingerprint density at radius 1 is 1.50 bits per heavy atom. The van der Waals surface area contributed by atoms with Crippen molar-refractivity contribution in [1.82, 2.24) is 14.9 Å². The van der Waals surface area contributed by atoms with Crippen molar-refractivity contribution in [3.05, 3.63) is 17.7 Å². The quantitative estimate of drug-likeness (QED) is 0.659. The molecular formula is C9H11F2N3O4. The molecular weight excluding hydrogens is 252 g/mol. The van der Waals surface area contributed by atoms with Crippen molar-refractivity contribution < 1.29 is 28.6 Å². The van der Waals surface area contributed by atoms with Crippen LogP contribution in [-0.2, 0) is 0 Å². The summed E-state index contributed by atoms with van der Waals surface area (Å²) in [5, 5.41) is 17.4. The molecule has 9 heteroatoms. The molecule has 1 heterocycles. The standard InChI is InChI=1S/C9H11F2N3O4/c10-5(11)3-14(1-2-15)8(16)6-7(9(17)18)13-4-12-6/h4-5,15H,1-3H2,(H,12,13)(H,17,18). The predicted octanol–water partition coefficient (Wildman–Crippen LogP) is -0.192. The highest BCUT2D eigenvalue weighted by Gasteiger charge is 2.26. The minimum Gasteiger partial charge on any atom is -0.477 e. The zero-order valence-electron chi connectivity index (χ0n) is 9.14. The van der Waals surface area contributed by atoms with Gasteiger partial charge in [-0.1, -0.05) is 0 Å². The molecule has 0 saturated carbocycles. The number of carbonyl (C=O) groups excluding carboxylic acids is 1. The number of hydrogen-bond acceptors (Lipinski definition) is 4. The van der Waals surface area contributed by atoms with Crippen molar-refractivity contribution in [3.63, 3.8) is 0 Å². The molecule has 1 aromatic rings. The van der Waals surface area contributed by atoms with Crippen LogP contribution < -0.4 is 0 Å². The van der Waals surface area contributed by atoms with E-state index in [9.17, 15) is 18.4 Å². The summed E-state index contributed by atoms with van der Waals surface area (Å²) in [5.74, 6) is -2.39. The number of amides is 1. The number of rotatable bonds is 6. The number of aromatic amines is 1. The summed E-state index contributed by atoms with van der Waals surface area (Å²) in [6, 6.07) is 0. The van der Waals surface area contributed by atoms with Crippen molar-refractivity contribution in [3.8, 4) is 0 Å². The normalized spacial score (nSPS) is 10.7. The molecule has 18 heavy (non-hydrogen) atoms. The fourth-order valence-electron chi connectivity index (χ4n) is 1.33. The SMILES string of the molecule is O=C(O)c1[nH]cnc1C(=O)N(CCO)CC(F)F. The summed E-state index contributed by atoms with van der Waals surface area (Å²) in [6.07, 6.45) is -1.80. The number of nitrogens with zero attached hydrogens (tertiary/aromatic N) is 2. The molecule has 0 unspecified atom stereocenters. The Kier molecular flexibility index (Phi) is 4.72. The Morgan fingerprint density at radius 3 is 2.67 bits per heavy atom. The van der Waals surface area contributed by atoms with Gasteiger partial charge in [0.2, 0.25) is 0 Å². The Labute approximate surface area is 100 Å². The number of carboxylic acids is 1. The first-order valence-corrected chi connectivity index (χ1v) is 4.92. The molecule has 0 atom stereocenters. The molecule has 0 saturated heterocycles. The zero-order chi connectivity index (χ0) is 13.7. The number of aromatic nitrogens is 2. The highest BCUT2D eigenvalue weighted by atomic mass is 19.3. The number of aliphatic hydroxyl groups excluding tert-OH is 1. The van der Waals surface area contributed by atoms with Crippen LogP contribution in [0.15, 0.2) is 6.33 Å². The number of aromatic carboxylic acids is 1. The lowest BCUT2D eigenvalue weighted by Gasteiger charge is -2.20. The van der Waals surface area contributed by atoms with E-state index in [2.05, 4.69) is 9.97 Å².